The van der Waals surface area contributed by atoms with Crippen LogP contribution in [0.1, 0.15) is 0 Å². The number of rotatable bonds is 5. The number of aromatic nitrogens is 3. The van der Waals surface area contributed by atoms with Gasteiger partial charge in [-0.2, -0.15) is 0 Å². The van der Waals surface area contributed by atoms with Crippen molar-refractivity contribution < 1.29 is 0 Å². The van der Waals surface area contributed by atoms with Gasteiger partial charge in [0.25, 0.3) is 0 Å². The van der Waals surface area contributed by atoms with Crippen LogP contribution >= 0.6 is 0 Å². The highest BCUT2D eigenvalue weighted by Crippen LogP contribution is 2.42. The molecule has 0 amide bonds. The molecule has 0 N–H and O–H groups in total. The van der Waals surface area contributed by atoms with E-state index >= 15 is 0 Å². The average Bonchev–Trinajstić information content (AvgIpc) is 3.66. The van der Waals surface area contributed by atoms with Crippen molar-refractivity contribution in [2.75, 3.05) is 0 Å². The van der Waals surface area contributed by atoms with E-state index in [1.54, 1.807) is 0 Å². The maximum atomic E-state index is 5.35. The highest BCUT2D eigenvalue weighted by molar-refractivity contribution is 6.25. The summed E-state index contributed by atoms with van der Waals surface area (Å²) < 4.78 is 2.26. The van der Waals surface area contributed by atoms with Gasteiger partial charge in [-0.05, 0) is 92.3 Å². The van der Waals surface area contributed by atoms with Gasteiger partial charge in [-0.25, -0.2) is 9.97 Å². The van der Waals surface area contributed by atoms with Crippen molar-refractivity contribution >= 4 is 54.3 Å². The summed E-state index contributed by atoms with van der Waals surface area (Å²) in [6, 6.07) is 71.6. The lowest BCUT2D eigenvalue weighted by atomic mass is 9.89. The van der Waals surface area contributed by atoms with Crippen LogP contribution in [0.4, 0.5) is 0 Å². The molecular weight excluding hydrogens is 667 g/mol. The molecule has 0 fully saturated rings. The third kappa shape index (κ3) is 5.20. The molecule has 55 heavy (non-hydrogen) atoms. The van der Waals surface area contributed by atoms with Crippen LogP contribution in [0.2, 0.25) is 0 Å². The number of hydrogen-bond donors (Lipinski definition) is 0. The van der Waals surface area contributed by atoms with Crippen molar-refractivity contribution in [3.8, 4) is 50.6 Å². The summed E-state index contributed by atoms with van der Waals surface area (Å²) in [6.07, 6.45) is 0. The van der Waals surface area contributed by atoms with E-state index in [2.05, 4.69) is 193 Å². The van der Waals surface area contributed by atoms with Gasteiger partial charge in [-0.1, -0.05) is 152 Å². The minimum Gasteiger partial charge on any atom is -0.292 e. The number of para-hydroxylation sites is 3. The fourth-order valence-electron chi connectivity index (χ4n) is 8.35. The fourth-order valence-corrected chi connectivity index (χ4v) is 8.35. The first-order valence-electron chi connectivity index (χ1n) is 18.7. The Morgan fingerprint density at radius 3 is 1.85 bits per heavy atom. The number of pyridine rings is 1. The van der Waals surface area contributed by atoms with Crippen LogP contribution in [0.25, 0.3) is 105 Å². The molecule has 0 saturated carbocycles. The van der Waals surface area contributed by atoms with Crippen LogP contribution < -0.4 is 0 Å². The van der Waals surface area contributed by atoms with Gasteiger partial charge in [0.15, 0.2) is 0 Å². The van der Waals surface area contributed by atoms with Crippen molar-refractivity contribution in [1.82, 2.24) is 14.5 Å². The second-order valence-corrected chi connectivity index (χ2v) is 14.2. The van der Waals surface area contributed by atoms with Crippen LogP contribution in [-0.4, -0.2) is 14.5 Å². The molecule has 0 aliphatic heterocycles. The topological polar surface area (TPSA) is 30.7 Å². The molecule has 0 spiro atoms. The van der Waals surface area contributed by atoms with Crippen molar-refractivity contribution in [1.29, 1.82) is 0 Å². The molecule has 2 heterocycles. The summed E-state index contributed by atoms with van der Waals surface area (Å²) in [5, 5.41) is 8.44. The van der Waals surface area contributed by atoms with Crippen molar-refractivity contribution in [3.05, 3.63) is 200 Å². The van der Waals surface area contributed by atoms with E-state index in [0.29, 0.717) is 0 Å². The van der Waals surface area contributed by atoms with E-state index in [4.69, 9.17) is 9.97 Å². The monoisotopic (exact) mass is 699 g/mol. The van der Waals surface area contributed by atoms with Crippen molar-refractivity contribution in [3.63, 3.8) is 0 Å². The molecule has 0 radical (unpaired) electrons. The standard InChI is InChI=1S/C52H33N3/c1-2-14-36(15-3-1)52-54-48-23-10-11-24-49(48)55(52)41-29-27-35(28-30-41)38-17-12-18-39(31-38)45-33-46-50(43-20-7-6-19-42(43)45)44-21-8-9-22-47(44)53-51(46)40-26-25-34-13-4-5-16-37(34)32-40/h1-33H. The molecule has 0 bridgehead atoms. The summed E-state index contributed by atoms with van der Waals surface area (Å²) in [5.74, 6) is 0.935. The van der Waals surface area contributed by atoms with E-state index in [0.717, 1.165) is 55.8 Å². The van der Waals surface area contributed by atoms with E-state index in [1.165, 1.54) is 49.0 Å². The fraction of sp³-hybridized carbons (Fsp3) is 0. The van der Waals surface area contributed by atoms with E-state index < -0.39 is 0 Å². The van der Waals surface area contributed by atoms with Crippen LogP contribution in [0.3, 0.4) is 0 Å². The normalized spacial score (nSPS) is 11.6. The zero-order valence-corrected chi connectivity index (χ0v) is 29.9. The minimum atomic E-state index is 0.935. The van der Waals surface area contributed by atoms with Crippen molar-refractivity contribution in [2.24, 2.45) is 0 Å². The molecule has 3 nitrogen and oxygen atoms in total. The van der Waals surface area contributed by atoms with Crippen LogP contribution in [-0.2, 0) is 0 Å². The molecule has 256 valence electrons. The summed E-state index contributed by atoms with van der Waals surface area (Å²) in [6.45, 7) is 0. The SMILES string of the molecule is c1ccc(-c2nc3ccccc3n2-c2ccc(-c3cccc(-c4cc5c(-c6ccc7ccccc7c6)nc6ccccc6c5c5ccccc45)c3)cc2)cc1. The van der Waals surface area contributed by atoms with E-state index in [-0.39, 0.29) is 0 Å². The van der Waals surface area contributed by atoms with Gasteiger partial charge in [0.05, 0.1) is 22.2 Å². The number of hydrogen-bond acceptors (Lipinski definition) is 2. The number of nitrogens with zero attached hydrogens (tertiary/aromatic N) is 3. The first-order valence-corrected chi connectivity index (χ1v) is 18.7. The predicted molar refractivity (Wildman–Crippen MR) is 231 cm³/mol. The lowest BCUT2D eigenvalue weighted by molar-refractivity contribution is 1.10. The Morgan fingerprint density at radius 2 is 1.00 bits per heavy atom. The number of benzene rings is 9. The van der Waals surface area contributed by atoms with Gasteiger partial charge >= 0.3 is 0 Å². The largest absolute Gasteiger partial charge is 0.292 e. The molecule has 0 aliphatic carbocycles. The summed E-state index contributed by atoms with van der Waals surface area (Å²) in [4.78, 5) is 10.4. The maximum Gasteiger partial charge on any atom is 0.145 e. The molecular formula is C52H33N3. The highest BCUT2D eigenvalue weighted by Gasteiger charge is 2.18. The van der Waals surface area contributed by atoms with Crippen LogP contribution in [0.15, 0.2) is 200 Å². The lowest BCUT2D eigenvalue weighted by Gasteiger charge is -2.17. The van der Waals surface area contributed by atoms with Gasteiger partial charge in [0, 0.05) is 33.0 Å². The predicted octanol–water partition coefficient (Wildman–Crippen LogP) is 13.7. The molecule has 11 aromatic rings. The third-order valence-corrected chi connectivity index (χ3v) is 11.0. The summed E-state index contributed by atoms with van der Waals surface area (Å²) >= 11 is 0. The van der Waals surface area contributed by atoms with Gasteiger partial charge in [-0.15, -0.1) is 0 Å². The molecule has 0 atom stereocenters. The van der Waals surface area contributed by atoms with Gasteiger partial charge < -0.3 is 0 Å². The Bertz CT molecular complexity index is 3250. The molecule has 9 aromatic carbocycles. The summed E-state index contributed by atoms with van der Waals surface area (Å²) in [5.41, 5.74) is 12.0. The Kier molecular flexibility index (Phi) is 7.17. The molecule has 0 saturated heterocycles. The molecule has 11 rings (SSSR count). The highest BCUT2D eigenvalue weighted by atomic mass is 15.1. The first kappa shape index (κ1) is 31.2. The van der Waals surface area contributed by atoms with Gasteiger partial charge in [-0.3, -0.25) is 4.57 Å². The van der Waals surface area contributed by atoms with E-state index in [1.807, 2.05) is 12.1 Å². The summed E-state index contributed by atoms with van der Waals surface area (Å²) in [7, 11) is 0. The molecule has 2 aromatic heterocycles. The Hall–Kier alpha value is -7.36. The number of imidazole rings is 1. The number of fused-ring (bicyclic) bond motifs is 7. The Balaban J connectivity index is 1.07. The minimum absolute atomic E-state index is 0.935. The maximum absolute atomic E-state index is 5.35. The molecule has 3 heteroatoms. The van der Waals surface area contributed by atoms with E-state index in [9.17, 15) is 0 Å². The lowest BCUT2D eigenvalue weighted by Crippen LogP contribution is -1.97. The second-order valence-electron chi connectivity index (χ2n) is 14.2. The quantitative estimate of drug-likeness (QED) is 0.167. The average molecular weight is 700 g/mol. The smallest absolute Gasteiger partial charge is 0.145 e. The molecule has 0 unspecified atom stereocenters. The Labute approximate surface area is 318 Å². The van der Waals surface area contributed by atoms with Gasteiger partial charge in [0.1, 0.15) is 5.82 Å². The van der Waals surface area contributed by atoms with Crippen LogP contribution in [0, 0.1) is 0 Å². The second kappa shape index (κ2) is 12.6. The third-order valence-electron chi connectivity index (χ3n) is 11.0. The zero-order valence-electron chi connectivity index (χ0n) is 29.9. The zero-order chi connectivity index (χ0) is 36.3. The van der Waals surface area contributed by atoms with Gasteiger partial charge in [0.2, 0.25) is 0 Å². The molecule has 0 aliphatic rings. The van der Waals surface area contributed by atoms with Crippen molar-refractivity contribution in [2.45, 2.75) is 0 Å². The first-order chi connectivity index (χ1) is 27.3. The van der Waals surface area contributed by atoms with Crippen LogP contribution in [0.5, 0.6) is 0 Å². The Morgan fingerprint density at radius 1 is 0.345 bits per heavy atom.